The minimum absolute atomic E-state index is 0.978. The highest BCUT2D eigenvalue weighted by Gasteiger charge is 2.22. The van der Waals surface area contributed by atoms with Gasteiger partial charge < -0.3 is 14.5 Å². The molecule has 0 amide bonds. The Morgan fingerprint density at radius 1 is 0.957 bits per heavy atom. The number of anilines is 1. The maximum Gasteiger partial charge on any atom is 0.142 e. The van der Waals surface area contributed by atoms with Gasteiger partial charge in [0.1, 0.15) is 12.3 Å². The summed E-state index contributed by atoms with van der Waals surface area (Å²) in [6.07, 6.45) is 1.12. The number of para-hydroxylation sites is 2. The van der Waals surface area contributed by atoms with Gasteiger partial charge in [-0.3, -0.25) is 0 Å². The molecule has 122 valence electrons. The number of ether oxygens (including phenoxy) is 1. The number of nitrogens with zero attached hydrogens (tertiary/aromatic N) is 1. The Morgan fingerprint density at radius 3 is 2.26 bits per heavy atom. The van der Waals surface area contributed by atoms with E-state index in [0.717, 1.165) is 31.8 Å². The third-order valence-corrected chi connectivity index (χ3v) is 4.78. The van der Waals surface area contributed by atoms with Gasteiger partial charge in [0.05, 0.1) is 39.0 Å². The third kappa shape index (κ3) is 3.85. The number of methoxy groups -OCH3 is 1. The summed E-state index contributed by atoms with van der Waals surface area (Å²) in [4.78, 5) is 4.11. The van der Waals surface area contributed by atoms with Crippen molar-refractivity contribution >= 4 is 5.69 Å². The Balaban J connectivity index is 1.57. The molecule has 3 rings (SSSR count). The number of nitrogens with one attached hydrogen (secondary N) is 1. The van der Waals surface area contributed by atoms with E-state index < -0.39 is 0 Å². The van der Waals surface area contributed by atoms with Gasteiger partial charge in [0.25, 0.3) is 0 Å². The first-order valence-corrected chi connectivity index (χ1v) is 8.59. The lowest BCUT2D eigenvalue weighted by molar-refractivity contribution is -0.914. The van der Waals surface area contributed by atoms with Crippen LogP contribution >= 0.6 is 0 Å². The average Bonchev–Trinajstić information content (AvgIpc) is 2.63. The minimum atomic E-state index is 0.978. The molecule has 3 nitrogen and oxygen atoms in total. The second kappa shape index (κ2) is 7.51. The van der Waals surface area contributed by atoms with Crippen molar-refractivity contribution in [3.8, 4) is 5.75 Å². The number of hydrogen-bond donors (Lipinski definition) is 1. The standard InChI is InChI=1S/C20H26N2O/c1-3-17-8-10-18(11-9-17)16-21-12-14-22(15-13-21)19-6-4-5-7-20(19)23-2/h4-11H,3,12-16H2,1-2H3/p+1. The van der Waals surface area contributed by atoms with Crippen LogP contribution in [0, 0.1) is 0 Å². The Kier molecular flexibility index (Phi) is 5.19. The van der Waals surface area contributed by atoms with Crippen molar-refractivity contribution in [2.24, 2.45) is 0 Å². The molecule has 1 aliphatic heterocycles. The lowest BCUT2D eigenvalue weighted by Crippen LogP contribution is -3.13. The molecular weight excluding hydrogens is 284 g/mol. The predicted octanol–water partition coefficient (Wildman–Crippen LogP) is 2.16. The lowest BCUT2D eigenvalue weighted by Gasteiger charge is -2.34. The molecule has 0 aromatic heterocycles. The molecule has 23 heavy (non-hydrogen) atoms. The van der Waals surface area contributed by atoms with E-state index >= 15 is 0 Å². The molecule has 0 radical (unpaired) electrons. The molecular formula is C20H27N2O+. The van der Waals surface area contributed by atoms with E-state index in [-0.39, 0.29) is 0 Å². The maximum atomic E-state index is 5.49. The summed E-state index contributed by atoms with van der Waals surface area (Å²) < 4.78 is 5.49. The number of benzene rings is 2. The van der Waals surface area contributed by atoms with Gasteiger partial charge in [0.2, 0.25) is 0 Å². The number of piperazine rings is 1. The van der Waals surface area contributed by atoms with Crippen molar-refractivity contribution < 1.29 is 9.64 Å². The zero-order chi connectivity index (χ0) is 16.1. The van der Waals surface area contributed by atoms with Crippen LogP contribution in [0.15, 0.2) is 48.5 Å². The van der Waals surface area contributed by atoms with E-state index in [1.165, 1.54) is 29.9 Å². The van der Waals surface area contributed by atoms with Crippen LogP contribution in [0.3, 0.4) is 0 Å². The predicted molar refractivity (Wildman–Crippen MR) is 95.4 cm³/mol. The van der Waals surface area contributed by atoms with Crippen LogP contribution in [0.25, 0.3) is 0 Å². The fourth-order valence-corrected chi connectivity index (χ4v) is 3.31. The number of aryl methyl sites for hydroxylation is 1. The molecule has 2 aromatic rings. The monoisotopic (exact) mass is 311 g/mol. The molecule has 1 heterocycles. The highest BCUT2D eigenvalue weighted by molar-refractivity contribution is 5.58. The van der Waals surface area contributed by atoms with Crippen molar-refractivity contribution in [3.63, 3.8) is 0 Å². The van der Waals surface area contributed by atoms with Gasteiger partial charge in [-0.05, 0) is 24.1 Å². The normalized spacial score (nSPS) is 15.7. The highest BCUT2D eigenvalue weighted by Crippen LogP contribution is 2.27. The third-order valence-electron chi connectivity index (χ3n) is 4.78. The van der Waals surface area contributed by atoms with E-state index in [1.54, 1.807) is 12.0 Å². The Hall–Kier alpha value is -2.00. The van der Waals surface area contributed by atoms with Crippen LogP contribution < -0.4 is 14.5 Å². The average molecular weight is 311 g/mol. The molecule has 0 aliphatic carbocycles. The van der Waals surface area contributed by atoms with Crippen LogP contribution in [0.2, 0.25) is 0 Å². The summed E-state index contributed by atoms with van der Waals surface area (Å²) in [5, 5.41) is 0. The van der Waals surface area contributed by atoms with Gasteiger partial charge in [-0.1, -0.05) is 43.3 Å². The molecule has 1 aliphatic rings. The molecule has 1 fully saturated rings. The van der Waals surface area contributed by atoms with E-state index in [1.807, 2.05) is 12.1 Å². The second-order valence-corrected chi connectivity index (χ2v) is 6.26. The summed E-state index contributed by atoms with van der Waals surface area (Å²) in [5.74, 6) is 0.978. The van der Waals surface area contributed by atoms with Crippen molar-refractivity contribution in [2.45, 2.75) is 19.9 Å². The van der Waals surface area contributed by atoms with Crippen LogP contribution in [0.5, 0.6) is 5.75 Å². The molecule has 0 bridgehead atoms. The zero-order valence-corrected chi connectivity index (χ0v) is 14.2. The molecule has 0 spiro atoms. The number of hydrogen-bond acceptors (Lipinski definition) is 2. The summed E-state index contributed by atoms with van der Waals surface area (Å²) >= 11 is 0. The summed E-state index contributed by atoms with van der Waals surface area (Å²) in [5.41, 5.74) is 4.09. The smallest absolute Gasteiger partial charge is 0.142 e. The first-order valence-electron chi connectivity index (χ1n) is 8.59. The molecule has 0 unspecified atom stereocenters. The van der Waals surface area contributed by atoms with Gasteiger partial charge in [-0.15, -0.1) is 0 Å². The van der Waals surface area contributed by atoms with Gasteiger partial charge in [0.15, 0.2) is 0 Å². The van der Waals surface area contributed by atoms with Gasteiger partial charge in [-0.2, -0.15) is 0 Å². The summed E-state index contributed by atoms with van der Waals surface area (Å²) in [6.45, 7) is 7.85. The van der Waals surface area contributed by atoms with E-state index in [4.69, 9.17) is 4.74 Å². The van der Waals surface area contributed by atoms with Crippen molar-refractivity contribution in [2.75, 3.05) is 38.2 Å². The first-order chi connectivity index (χ1) is 11.3. The molecule has 0 saturated carbocycles. The number of quaternary nitrogens is 1. The van der Waals surface area contributed by atoms with Crippen molar-refractivity contribution in [1.29, 1.82) is 0 Å². The van der Waals surface area contributed by atoms with Crippen molar-refractivity contribution in [3.05, 3.63) is 59.7 Å². The minimum Gasteiger partial charge on any atom is -0.495 e. The fraction of sp³-hybridized carbons (Fsp3) is 0.400. The largest absolute Gasteiger partial charge is 0.495 e. The summed E-state index contributed by atoms with van der Waals surface area (Å²) in [6, 6.07) is 17.4. The molecule has 1 N–H and O–H groups in total. The fourth-order valence-electron chi connectivity index (χ4n) is 3.31. The lowest BCUT2D eigenvalue weighted by atomic mass is 10.1. The van der Waals surface area contributed by atoms with Gasteiger partial charge in [-0.25, -0.2) is 0 Å². The molecule has 3 heteroatoms. The van der Waals surface area contributed by atoms with Crippen LogP contribution in [0.1, 0.15) is 18.1 Å². The molecule has 2 aromatic carbocycles. The second-order valence-electron chi connectivity index (χ2n) is 6.26. The van der Waals surface area contributed by atoms with Crippen molar-refractivity contribution in [1.82, 2.24) is 0 Å². The van der Waals surface area contributed by atoms with Crippen LogP contribution in [0.4, 0.5) is 5.69 Å². The van der Waals surface area contributed by atoms with E-state index in [9.17, 15) is 0 Å². The Bertz CT molecular complexity index is 616. The van der Waals surface area contributed by atoms with E-state index in [2.05, 4.69) is 48.2 Å². The van der Waals surface area contributed by atoms with Gasteiger partial charge in [0, 0.05) is 5.56 Å². The topological polar surface area (TPSA) is 16.9 Å². The summed E-state index contributed by atoms with van der Waals surface area (Å²) in [7, 11) is 1.75. The van der Waals surface area contributed by atoms with Gasteiger partial charge >= 0.3 is 0 Å². The SMILES string of the molecule is CCc1ccc(C[NH+]2CCN(c3ccccc3OC)CC2)cc1. The molecule has 0 atom stereocenters. The quantitative estimate of drug-likeness (QED) is 0.911. The first kappa shape index (κ1) is 15.9. The Morgan fingerprint density at radius 2 is 1.61 bits per heavy atom. The maximum absolute atomic E-state index is 5.49. The highest BCUT2D eigenvalue weighted by atomic mass is 16.5. The Labute approximate surface area is 139 Å². The molecule has 1 saturated heterocycles. The van der Waals surface area contributed by atoms with Crippen LogP contribution in [-0.4, -0.2) is 33.3 Å². The zero-order valence-electron chi connectivity index (χ0n) is 14.2. The van der Waals surface area contributed by atoms with E-state index in [0.29, 0.717) is 0 Å². The number of rotatable bonds is 5. The van der Waals surface area contributed by atoms with Crippen LogP contribution in [-0.2, 0) is 13.0 Å².